The average Bonchev–Trinajstić information content (AvgIpc) is 2.92. The van der Waals surface area contributed by atoms with Gasteiger partial charge in [-0.3, -0.25) is 4.79 Å². The van der Waals surface area contributed by atoms with Crippen molar-refractivity contribution in [2.24, 2.45) is 5.92 Å². The molecule has 0 saturated carbocycles. The number of benzene rings is 1. The van der Waals surface area contributed by atoms with Gasteiger partial charge >= 0.3 is 0 Å². The number of carbonyl (C=O) groups excluding carboxylic acids is 1. The Morgan fingerprint density at radius 2 is 1.95 bits per heavy atom. The van der Waals surface area contributed by atoms with Gasteiger partial charge in [0.05, 0.1) is 0 Å². The number of piperazine rings is 1. The molecule has 1 unspecified atom stereocenters. The predicted octanol–water partition coefficient (Wildman–Crippen LogP) is 1.99. The van der Waals surface area contributed by atoms with Crippen LogP contribution in [0.15, 0.2) is 24.3 Å². The summed E-state index contributed by atoms with van der Waals surface area (Å²) in [5.41, 5.74) is 2.57. The number of hydrogen-bond donors (Lipinski definition) is 0. The van der Waals surface area contributed by atoms with Gasteiger partial charge in [0.15, 0.2) is 0 Å². The minimum Gasteiger partial charge on any atom is -0.368 e. The van der Waals surface area contributed by atoms with Crippen LogP contribution in [0.2, 0.25) is 0 Å². The van der Waals surface area contributed by atoms with Crippen molar-refractivity contribution in [2.45, 2.75) is 19.8 Å². The van der Waals surface area contributed by atoms with Crippen molar-refractivity contribution in [2.75, 3.05) is 51.2 Å². The quantitative estimate of drug-likeness (QED) is 0.854. The molecule has 1 amide bonds. The Labute approximate surface area is 133 Å². The molecule has 0 bridgehead atoms. The fraction of sp³-hybridized carbons (Fsp3) is 0.611. The first-order valence-electron chi connectivity index (χ1n) is 8.40. The van der Waals surface area contributed by atoms with E-state index in [1.807, 2.05) is 0 Å². The standard InChI is InChI=1S/C18H27N3O/c1-15-4-3-5-17(12-15)20-8-10-21(11-9-20)18(22)13-16-6-7-19(2)14-16/h3-5,12,16H,6-11,13-14H2,1-2H3. The van der Waals surface area contributed by atoms with Crippen molar-refractivity contribution >= 4 is 11.6 Å². The van der Waals surface area contributed by atoms with Crippen LogP contribution >= 0.6 is 0 Å². The average molecular weight is 301 g/mol. The summed E-state index contributed by atoms with van der Waals surface area (Å²) in [6.07, 6.45) is 1.90. The first-order chi connectivity index (χ1) is 10.6. The minimum atomic E-state index is 0.351. The summed E-state index contributed by atoms with van der Waals surface area (Å²) in [6.45, 7) is 7.94. The Morgan fingerprint density at radius 3 is 2.59 bits per heavy atom. The molecule has 1 atom stereocenters. The van der Waals surface area contributed by atoms with Crippen LogP contribution in [0.4, 0.5) is 5.69 Å². The number of carbonyl (C=O) groups is 1. The molecule has 2 aliphatic rings. The molecule has 2 fully saturated rings. The van der Waals surface area contributed by atoms with Crippen molar-refractivity contribution in [3.05, 3.63) is 29.8 Å². The summed E-state index contributed by atoms with van der Waals surface area (Å²) >= 11 is 0. The van der Waals surface area contributed by atoms with Crippen LogP contribution in [-0.4, -0.2) is 62.0 Å². The van der Waals surface area contributed by atoms with E-state index >= 15 is 0 Å². The van der Waals surface area contributed by atoms with Gasteiger partial charge in [0, 0.05) is 44.8 Å². The van der Waals surface area contributed by atoms with E-state index in [2.05, 4.69) is 52.9 Å². The fourth-order valence-corrected chi connectivity index (χ4v) is 3.61. The molecule has 120 valence electrons. The molecule has 0 N–H and O–H groups in total. The molecule has 2 heterocycles. The Balaban J connectivity index is 1.50. The molecule has 0 aromatic heterocycles. The van der Waals surface area contributed by atoms with E-state index in [9.17, 15) is 4.79 Å². The fourth-order valence-electron chi connectivity index (χ4n) is 3.61. The number of likely N-dealkylation sites (tertiary alicyclic amines) is 1. The molecule has 2 saturated heterocycles. The normalized spacial score (nSPS) is 23.1. The number of hydrogen-bond acceptors (Lipinski definition) is 3. The van der Waals surface area contributed by atoms with Crippen LogP contribution in [0, 0.1) is 12.8 Å². The largest absolute Gasteiger partial charge is 0.368 e. The lowest BCUT2D eigenvalue weighted by Crippen LogP contribution is -2.49. The Morgan fingerprint density at radius 1 is 1.18 bits per heavy atom. The molecule has 2 aliphatic heterocycles. The smallest absolute Gasteiger partial charge is 0.223 e. The molecule has 3 rings (SSSR count). The number of aryl methyl sites for hydroxylation is 1. The molecule has 4 heteroatoms. The third-order valence-corrected chi connectivity index (χ3v) is 4.95. The third-order valence-electron chi connectivity index (χ3n) is 4.95. The third kappa shape index (κ3) is 3.61. The van der Waals surface area contributed by atoms with Gasteiger partial charge in [0.1, 0.15) is 0 Å². The summed E-state index contributed by atoms with van der Waals surface area (Å²) in [5, 5.41) is 0. The Kier molecular flexibility index (Phi) is 4.67. The van der Waals surface area contributed by atoms with Gasteiger partial charge in [0.2, 0.25) is 5.91 Å². The summed E-state index contributed by atoms with van der Waals surface area (Å²) < 4.78 is 0. The molecular weight excluding hydrogens is 274 g/mol. The molecule has 1 aromatic carbocycles. The number of rotatable bonds is 3. The van der Waals surface area contributed by atoms with Gasteiger partial charge in [-0.15, -0.1) is 0 Å². The van der Waals surface area contributed by atoms with E-state index in [0.717, 1.165) is 45.7 Å². The molecule has 0 spiro atoms. The lowest BCUT2D eigenvalue weighted by atomic mass is 10.0. The summed E-state index contributed by atoms with van der Waals surface area (Å²) in [4.78, 5) is 19.2. The second kappa shape index (κ2) is 6.69. The number of amides is 1. The van der Waals surface area contributed by atoms with E-state index < -0.39 is 0 Å². The predicted molar refractivity (Wildman–Crippen MR) is 90.2 cm³/mol. The number of anilines is 1. The SMILES string of the molecule is Cc1cccc(N2CCN(C(=O)CC3CCN(C)C3)CC2)c1. The van der Waals surface area contributed by atoms with Crippen molar-refractivity contribution in [1.82, 2.24) is 9.80 Å². The maximum atomic E-state index is 12.4. The second-order valence-corrected chi connectivity index (χ2v) is 6.83. The van der Waals surface area contributed by atoms with E-state index in [1.54, 1.807) is 0 Å². The lowest BCUT2D eigenvalue weighted by molar-refractivity contribution is -0.132. The second-order valence-electron chi connectivity index (χ2n) is 6.83. The first-order valence-corrected chi connectivity index (χ1v) is 8.40. The van der Waals surface area contributed by atoms with Crippen molar-refractivity contribution in [3.63, 3.8) is 0 Å². The van der Waals surface area contributed by atoms with Gasteiger partial charge in [-0.2, -0.15) is 0 Å². The molecule has 4 nitrogen and oxygen atoms in total. The summed E-state index contributed by atoms with van der Waals surface area (Å²) in [6, 6.07) is 8.63. The van der Waals surface area contributed by atoms with Gasteiger partial charge in [-0.1, -0.05) is 12.1 Å². The zero-order chi connectivity index (χ0) is 15.5. The maximum absolute atomic E-state index is 12.4. The van der Waals surface area contributed by atoms with Gasteiger partial charge in [-0.25, -0.2) is 0 Å². The summed E-state index contributed by atoms with van der Waals surface area (Å²) in [5.74, 6) is 0.913. The van der Waals surface area contributed by atoms with E-state index in [-0.39, 0.29) is 0 Å². The van der Waals surface area contributed by atoms with E-state index in [0.29, 0.717) is 11.8 Å². The lowest BCUT2D eigenvalue weighted by Gasteiger charge is -2.36. The van der Waals surface area contributed by atoms with Gasteiger partial charge < -0.3 is 14.7 Å². The maximum Gasteiger partial charge on any atom is 0.223 e. The van der Waals surface area contributed by atoms with Crippen LogP contribution in [0.25, 0.3) is 0 Å². The van der Waals surface area contributed by atoms with Gasteiger partial charge in [-0.05, 0) is 50.6 Å². The van der Waals surface area contributed by atoms with Crippen LogP contribution in [-0.2, 0) is 4.79 Å². The monoisotopic (exact) mass is 301 g/mol. The highest BCUT2D eigenvalue weighted by Gasteiger charge is 2.26. The highest BCUT2D eigenvalue weighted by Crippen LogP contribution is 2.21. The summed E-state index contributed by atoms with van der Waals surface area (Å²) in [7, 11) is 2.14. The molecule has 0 radical (unpaired) electrons. The first kappa shape index (κ1) is 15.3. The molecule has 22 heavy (non-hydrogen) atoms. The van der Waals surface area contributed by atoms with E-state index in [1.165, 1.54) is 17.7 Å². The van der Waals surface area contributed by atoms with Crippen molar-refractivity contribution < 1.29 is 4.79 Å². The van der Waals surface area contributed by atoms with Crippen LogP contribution < -0.4 is 4.90 Å². The van der Waals surface area contributed by atoms with Crippen LogP contribution in [0.3, 0.4) is 0 Å². The van der Waals surface area contributed by atoms with Gasteiger partial charge in [0.25, 0.3) is 0 Å². The van der Waals surface area contributed by atoms with Crippen molar-refractivity contribution in [1.29, 1.82) is 0 Å². The highest BCUT2D eigenvalue weighted by molar-refractivity contribution is 5.77. The molecule has 0 aliphatic carbocycles. The zero-order valence-corrected chi connectivity index (χ0v) is 13.8. The van der Waals surface area contributed by atoms with Crippen LogP contribution in [0.1, 0.15) is 18.4 Å². The Hall–Kier alpha value is -1.55. The van der Waals surface area contributed by atoms with Crippen LogP contribution in [0.5, 0.6) is 0 Å². The van der Waals surface area contributed by atoms with E-state index in [4.69, 9.17) is 0 Å². The number of nitrogens with zero attached hydrogens (tertiary/aromatic N) is 3. The zero-order valence-electron chi connectivity index (χ0n) is 13.8. The molecular formula is C18H27N3O. The topological polar surface area (TPSA) is 26.8 Å². The Bertz CT molecular complexity index is 523. The minimum absolute atomic E-state index is 0.351. The van der Waals surface area contributed by atoms with Crippen molar-refractivity contribution in [3.8, 4) is 0 Å². The molecule has 1 aromatic rings. The highest BCUT2D eigenvalue weighted by atomic mass is 16.2.